The van der Waals surface area contributed by atoms with Crippen molar-refractivity contribution < 1.29 is 14.4 Å². The normalized spacial score (nSPS) is 10.2. The van der Waals surface area contributed by atoms with E-state index in [4.69, 9.17) is 11.6 Å². The summed E-state index contributed by atoms with van der Waals surface area (Å²) in [5.41, 5.74) is 3.86. The molecule has 3 amide bonds. The molecule has 0 heterocycles. The molecule has 0 fully saturated rings. The van der Waals surface area contributed by atoms with Crippen molar-refractivity contribution in [3.05, 3.63) is 58.1 Å². The highest BCUT2D eigenvalue weighted by Gasteiger charge is 2.15. The minimum atomic E-state index is -0.882. The lowest BCUT2D eigenvalue weighted by molar-refractivity contribution is -0.136. The fraction of sp³-hybridized carbons (Fsp3) is 0.211. The average molecular weight is 374 g/mol. The summed E-state index contributed by atoms with van der Waals surface area (Å²) >= 11 is 5.86. The number of rotatable bonds is 4. The zero-order valence-corrected chi connectivity index (χ0v) is 15.5. The molecule has 0 atom stereocenters. The summed E-state index contributed by atoms with van der Waals surface area (Å²) in [6, 6.07) is 10.5. The summed E-state index contributed by atoms with van der Waals surface area (Å²) < 4.78 is 0. The minimum absolute atomic E-state index is 0.318. The number of hydrogen-bond donors (Lipinski definition) is 3. The van der Waals surface area contributed by atoms with Crippen molar-refractivity contribution in [1.82, 2.24) is 5.32 Å². The first-order valence-corrected chi connectivity index (χ1v) is 8.36. The quantitative estimate of drug-likeness (QED) is 0.720. The highest BCUT2D eigenvalue weighted by molar-refractivity contribution is 6.40. The van der Waals surface area contributed by atoms with Crippen molar-refractivity contribution in [2.75, 3.05) is 17.2 Å². The summed E-state index contributed by atoms with van der Waals surface area (Å²) in [7, 11) is 0. The molecule has 3 N–H and O–H groups in total. The van der Waals surface area contributed by atoms with Crippen molar-refractivity contribution in [2.45, 2.75) is 20.8 Å². The molecule has 0 radical (unpaired) electrons. The predicted octanol–water partition coefficient (Wildman–Crippen LogP) is 2.96. The lowest BCUT2D eigenvalue weighted by Crippen LogP contribution is -2.39. The zero-order chi connectivity index (χ0) is 19.3. The van der Waals surface area contributed by atoms with Crippen molar-refractivity contribution >= 4 is 40.7 Å². The number of halogens is 1. The van der Waals surface area contributed by atoms with Gasteiger partial charge < -0.3 is 16.0 Å². The van der Waals surface area contributed by atoms with Gasteiger partial charge in [0, 0.05) is 16.4 Å². The molecular formula is C19H20ClN3O3. The van der Waals surface area contributed by atoms with Gasteiger partial charge in [0.25, 0.3) is 0 Å². The van der Waals surface area contributed by atoms with Gasteiger partial charge >= 0.3 is 11.8 Å². The second-order valence-electron chi connectivity index (χ2n) is 6.02. The Kier molecular flexibility index (Phi) is 6.36. The van der Waals surface area contributed by atoms with Crippen LogP contribution in [0.5, 0.6) is 0 Å². The lowest BCUT2D eigenvalue weighted by Gasteiger charge is -2.10. The number of hydrogen-bond acceptors (Lipinski definition) is 3. The topological polar surface area (TPSA) is 87.3 Å². The monoisotopic (exact) mass is 373 g/mol. The largest absolute Gasteiger partial charge is 0.339 e. The van der Waals surface area contributed by atoms with Crippen LogP contribution in [-0.4, -0.2) is 24.3 Å². The Morgan fingerprint density at radius 3 is 2.15 bits per heavy atom. The second kappa shape index (κ2) is 8.49. The van der Waals surface area contributed by atoms with Gasteiger partial charge in [0.1, 0.15) is 0 Å². The first-order valence-electron chi connectivity index (χ1n) is 7.98. The standard InChI is InChI=1S/C19H20ClN3O3/c1-11-6-12(2)8-15(7-11)22-19(26)18(25)21-10-17(24)23-16-5-4-14(20)9-13(16)3/h4-9H,10H2,1-3H3,(H,21,25)(H,22,26)(H,23,24). The average Bonchev–Trinajstić information content (AvgIpc) is 2.54. The fourth-order valence-corrected chi connectivity index (χ4v) is 2.66. The number of carbonyl (C=O) groups excluding carboxylic acids is 3. The van der Waals surface area contributed by atoms with Crippen LogP contribution in [-0.2, 0) is 14.4 Å². The maximum absolute atomic E-state index is 11.9. The molecule has 136 valence electrons. The maximum Gasteiger partial charge on any atom is 0.313 e. The minimum Gasteiger partial charge on any atom is -0.339 e. The van der Waals surface area contributed by atoms with E-state index in [2.05, 4.69) is 16.0 Å². The van der Waals surface area contributed by atoms with Crippen LogP contribution in [0, 0.1) is 20.8 Å². The Labute approximate surface area is 156 Å². The van der Waals surface area contributed by atoms with Crippen LogP contribution in [0.15, 0.2) is 36.4 Å². The van der Waals surface area contributed by atoms with Gasteiger partial charge in [-0.25, -0.2) is 0 Å². The predicted molar refractivity (Wildman–Crippen MR) is 102 cm³/mol. The Balaban J connectivity index is 1.86. The molecule has 0 saturated heterocycles. The van der Waals surface area contributed by atoms with Gasteiger partial charge in [-0.2, -0.15) is 0 Å². The van der Waals surface area contributed by atoms with Crippen LogP contribution in [0.25, 0.3) is 0 Å². The molecule has 0 spiro atoms. The van der Waals surface area contributed by atoms with Crippen LogP contribution in [0.1, 0.15) is 16.7 Å². The molecule has 0 aliphatic rings. The number of benzene rings is 2. The molecule has 0 aromatic heterocycles. The number of aryl methyl sites for hydroxylation is 3. The molecular weight excluding hydrogens is 354 g/mol. The molecule has 7 heteroatoms. The number of amides is 3. The maximum atomic E-state index is 11.9. The molecule has 2 aromatic rings. The van der Waals surface area contributed by atoms with Crippen molar-refractivity contribution in [3.8, 4) is 0 Å². The van der Waals surface area contributed by atoms with E-state index in [1.54, 1.807) is 37.3 Å². The number of nitrogens with one attached hydrogen (secondary N) is 3. The fourth-order valence-electron chi connectivity index (χ4n) is 2.44. The van der Waals surface area contributed by atoms with Gasteiger partial charge in [0.15, 0.2) is 0 Å². The highest BCUT2D eigenvalue weighted by Crippen LogP contribution is 2.19. The Bertz CT molecular complexity index is 845. The van der Waals surface area contributed by atoms with E-state index in [1.807, 2.05) is 19.9 Å². The lowest BCUT2D eigenvalue weighted by atomic mass is 10.1. The molecule has 0 bridgehead atoms. The molecule has 0 aliphatic carbocycles. The van der Waals surface area contributed by atoms with E-state index < -0.39 is 17.7 Å². The SMILES string of the molecule is Cc1cc(C)cc(NC(=O)C(=O)NCC(=O)Nc2ccc(Cl)cc2C)c1. The summed E-state index contributed by atoms with van der Waals surface area (Å²) in [6.07, 6.45) is 0. The van der Waals surface area contributed by atoms with Gasteiger partial charge in [-0.15, -0.1) is 0 Å². The molecule has 2 aromatic carbocycles. The van der Waals surface area contributed by atoms with E-state index in [-0.39, 0.29) is 6.54 Å². The van der Waals surface area contributed by atoms with Gasteiger partial charge in [0.05, 0.1) is 6.54 Å². The van der Waals surface area contributed by atoms with Crippen molar-refractivity contribution in [3.63, 3.8) is 0 Å². The van der Waals surface area contributed by atoms with Gasteiger partial charge in [0.2, 0.25) is 5.91 Å². The molecule has 26 heavy (non-hydrogen) atoms. The third-order valence-corrected chi connectivity index (χ3v) is 3.79. The highest BCUT2D eigenvalue weighted by atomic mass is 35.5. The van der Waals surface area contributed by atoms with E-state index in [0.717, 1.165) is 16.7 Å². The molecule has 0 aliphatic heterocycles. The third kappa shape index (κ3) is 5.60. The van der Waals surface area contributed by atoms with Crippen LogP contribution < -0.4 is 16.0 Å². The smallest absolute Gasteiger partial charge is 0.313 e. The van der Waals surface area contributed by atoms with Crippen LogP contribution in [0.2, 0.25) is 5.02 Å². The van der Waals surface area contributed by atoms with E-state index >= 15 is 0 Å². The first-order chi connectivity index (χ1) is 12.2. The Hall–Kier alpha value is -2.86. The number of carbonyl (C=O) groups is 3. The van der Waals surface area contributed by atoms with Gasteiger partial charge in [-0.3, -0.25) is 14.4 Å². The summed E-state index contributed by atoms with van der Waals surface area (Å²) in [5, 5.41) is 8.03. The molecule has 6 nitrogen and oxygen atoms in total. The van der Waals surface area contributed by atoms with E-state index in [0.29, 0.717) is 16.4 Å². The zero-order valence-electron chi connectivity index (χ0n) is 14.8. The van der Waals surface area contributed by atoms with Crippen LogP contribution in [0.3, 0.4) is 0 Å². The van der Waals surface area contributed by atoms with Crippen molar-refractivity contribution in [2.24, 2.45) is 0 Å². The van der Waals surface area contributed by atoms with Gasteiger partial charge in [-0.1, -0.05) is 17.7 Å². The summed E-state index contributed by atoms with van der Waals surface area (Å²) in [6.45, 7) is 5.27. The molecule has 0 unspecified atom stereocenters. The third-order valence-electron chi connectivity index (χ3n) is 3.56. The van der Waals surface area contributed by atoms with Gasteiger partial charge in [-0.05, 0) is 67.8 Å². The van der Waals surface area contributed by atoms with Crippen molar-refractivity contribution in [1.29, 1.82) is 0 Å². The van der Waals surface area contributed by atoms with Crippen LogP contribution >= 0.6 is 11.6 Å². The Morgan fingerprint density at radius 2 is 1.54 bits per heavy atom. The first kappa shape index (κ1) is 19.5. The number of anilines is 2. The molecule has 0 saturated carbocycles. The van der Waals surface area contributed by atoms with E-state index in [9.17, 15) is 14.4 Å². The summed E-state index contributed by atoms with van der Waals surface area (Å²) in [5.74, 6) is -2.15. The van der Waals surface area contributed by atoms with E-state index in [1.165, 1.54) is 0 Å². The van der Waals surface area contributed by atoms with Crippen LogP contribution in [0.4, 0.5) is 11.4 Å². The molecule has 2 rings (SSSR count). The summed E-state index contributed by atoms with van der Waals surface area (Å²) in [4.78, 5) is 35.7. The second-order valence-corrected chi connectivity index (χ2v) is 6.46. The Morgan fingerprint density at radius 1 is 0.885 bits per heavy atom.